The number of likely N-dealkylation sites (tertiary alicyclic amines) is 1. The van der Waals surface area contributed by atoms with Gasteiger partial charge in [0.05, 0.1) is 0 Å². The molecule has 2 rings (SSSR count). The quantitative estimate of drug-likeness (QED) is 0.851. The second kappa shape index (κ2) is 4.75. The first-order chi connectivity index (χ1) is 8.11. The number of aryl methyl sites for hydroxylation is 1. The van der Waals surface area contributed by atoms with Crippen molar-refractivity contribution in [2.45, 2.75) is 26.0 Å². The molecule has 0 radical (unpaired) electrons. The van der Waals surface area contributed by atoms with Crippen LogP contribution in [-0.2, 0) is 11.3 Å². The predicted molar refractivity (Wildman–Crippen MR) is 65.7 cm³/mol. The molecule has 1 amide bonds. The highest BCUT2D eigenvalue weighted by Crippen LogP contribution is 2.23. The summed E-state index contributed by atoms with van der Waals surface area (Å²) in [7, 11) is 1.80. The van der Waals surface area contributed by atoms with Gasteiger partial charge in [-0.25, -0.2) is 0 Å². The minimum atomic E-state index is -0.341. The Hall–Kier alpha value is -1.55. The number of nitrogens with zero attached hydrogens (tertiary/aromatic N) is 1. The monoisotopic (exact) mass is 234 g/mol. The van der Waals surface area contributed by atoms with E-state index in [1.165, 1.54) is 0 Å². The van der Waals surface area contributed by atoms with Gasteiger partial charge in [-0.15, -0.1) is 0 Å². The summed E-state index contributed by atoms with van der Waals surface area (Å²) in [5.41, 5.74) is 7.65. The molecule has 1 unspecified atom stereocenters. The van der Waals surface area contributed by atoms with Crippen molar-refractivity contribution < 1.29 is 9.53 Å². The Kier molecular flexibility index (Phi) is 3.33. The number of hydrogen-bond donors (Lipinski definition) is 1. The minimum absolute atomic E-state index is 0.0579. The Bertz CT molecular complexity index is 431. The molecule has 0 bridgehead atoms. The fourth-order valence-corrected chi connectivity index (χ4v) is 1.95. The number of ether oxygens (including phenoxy) is 1. The van der Waals surface area contributed by atoms with E-state index in [0.717, 1.165) is 29.8 Å². The highest BCUT2D eigenvalue weighted by molar-refractivity contribution is 5.83. The largest absolute Gasteiger partial charge is 0.480 e. The lowest BCUT2D eigenvalue weighted by Crippen LogP contribution is -2.29. The Morgan fingerprint density at radius 3 is 2.88 bits per heavy atom. The number of benzene rings is 1. The van der Waals surface area contributed by atoms with Crippen molar-refractivity contribution in [1.82, 2.24) is 4.90 Å². The van der Waals surface area contributed by atoms with Gasteiger partial charge in [0.15, 0.2) is 6.10 Å². The van der Waals surface area contributed by atoms with E-state index < -0.39 is 0 Å². The van der Waals surface area contributed by atoms with E-state index in [-0.39, 0.29) is 12.0 Å². The minimum Gasteiger partial charge on any atom is -0.480 e. The van der Waals surface area contributed by atoms with E-state index in [2.05, 4.69) is 0 Å². The van der Waals surface area contributed by atoms with Crippen LogP contribution in [-0.4, -0.2) is 30.5 Å². The van der Waals surface area contributed by atoms with E-state index >= 15 is 0 Å². The first-order valence-corrected chi connectivity index (χ1v) is 5.83. The molecule has 4 heteroatoms. The number of carbonyl (C=O) groups excluding carboxylic acids is 1. The van der Waals surface area contributed by atoms with Crippen LogP contribution in [0.1, 0.15) is 17.5 Å². The van der Waals surface area contributed by atoms with Gasteiger partial charge in [0.1, 0.15) is 5.75 Å². The molecule has 0 aromatic heterocycles. The van der Waals surface area contributed by atoms with Gasteiger partial charge < -0.3 is 15.4 Å². The molecule has 1 heterocycles. The zero-order chi connectivity index (χ0) is 12.4. The van der Waals surface area contributed by atoms with Gasteiger partial charge in [-0.2, -0.15) is 0 Å². The summed E-state index contributed by atoms with van der Waals surface area (Å²) in [4.78, 5) is 13.5. The number of carbonyl (C=O) groups is 1. The third-order valence-electron chi connectivity index (χ3n) is 3.14. The lowest BCUT2D eigenvalue weighted by atomic mass is 10.1. The molecule has 1 atom stereocenters. The maximum absolute atomic E-state index is 11.8. The first-order valence-electron chi connectivity index (χ1n) is 5.83. The number of likely N-dealkylation sites (N-methyl/N-ethyl adjacent to an activating group) is 1. The van der Waals surface area contributed by atoms with Gasteiger partial charge in [0, 0.05) is 26.6 Å². The molecule has 1 aromatic carbocycles. The van der Waals surface area contributed by atoms with Crippen LogP contribution in [0.25, 0.3) is 0 Å². The molecule has 1 aliphatic heterocycles. The fourth-order valence-electron chi connectivity index (χ4n) is 1.95. The molecule has 1 aliphatic rings. The Morgan fingerprint density at radius 2 is 2.29 bits per heavy atom. The van der Waals surface area contributed by atoms with E-state index in [9.17, 15) is 4.79 Å². The average molecular weight is 234 g/mol. The van der Waals surface area contributed by atoms with E-state index in [1.54, 1.807) is 11.9 Å². The highest BCUT2D eigenvalue weighted by Gasteiger charge is 2.31. The van der Waals surface area contributed by atoms with Crippen LogP contribution in [0.4, 0.5) is 0 Å². The summed E-state index contributed by atoms with van der Waals surface area (Å²) in [5.74, 6) is 0.823. The standard InChI is InChI=1S/C13H18N2O2/c1-9-3-4-10(8-14)7-12(9)17-11-5-6-15(2)13(11)16/h3-4,7,11H,5-6,8,14H2,1-2H3. The maximum Gasteiger partial charge on any atom is 0.263 e. The normalized spacial score (nSPS) is 19.8. The van der Waals surface area contributed by atoms with Crippen molar-refractivity contribution in [3.63, 3.8) is 0 Å². The second-order valence-corrected chi connectivity index (χ2v) is 4.46. The molecule has 2 N–H and O–H groups in total. The van der Waals surface area contributed by atoms with Crippen LogP contribution < -0.4 is 10.5 Å². The smallest absolute Gasteiger partial charge is 0.263 e. The number of hydrogen-bond acceptors (Lipinski definition) is 3. The van der Waals surface area contributed by atoms with Crippen LogP contribution in [0.3, 0.4) is 0 Å². The van der Waals surface area contributed by atoms with E-state index in [4.69, 9.17) is 10.5 Å². The van der Waals surface area contributed by atoms with E-state index in [1.807, 2.05) is 25.1 Å². The molecule has 0 aliphatic carbocycles. The van der Waals surface area contributed by atoms with Crippen LogP contribution in [0.15, 0.2) is 18.2 Å². The zero-order valence-corrected chi connectivity index (χ0v) is 10.3. The van der Waals surface area contributed by atoms with Crippen molar-refractivity contribution in [3.05, 3.63) is 29.3 Å². The summed E-state index contributed by atoms with van der Waals surface area (Å²) in [6.07, 6.45) is 0.411. The number of nitrogens with two attached hydrogens (primary N) is 1. The van der Waals surface area contributed by atoms with Crippen LogP contribution in [0.5, 0.6) is 5.75 Å². The molecular weight excluding hydrogens is 216 g/mol. The van der Waals surface area contributed by atoms with Gasteiger partial charge in [-0.05, 0) is 24.1 Å². The first kappa shape index (κ1) is 11.9. The van der Waals surface area contributed by atoms with Crippen molar-refractivity contribution >= 4 is 5.91 Å². The molecule has 4 nitrogen and oxygen atoms in total. The fraction of sp³-hybridized carbons (Fsp3) is 0.462. The van der Waals surface area contributed by atoms with Gasteiger partial charge in [0.25, 0.3) is 5.91 Å². The van der Waals surface area contributed by atoms with Crippen LogP contribution in [0.2, 0.25) is 0 Å². The van der Waals surface area contributed by atoms with Crippen molar-refractivity contribution in [2.24, 2.45) is 5.73 Å². The summed E-state index contributed by atoms with van der Waals surface area (Å²) in [6, 6.07) is 5.87. The highest BCUT2D eigenvalue weighted by atomic mass is 16.5. The summed E-state index contributed by atoms with van der Waals surface area (Å²) < 4.78 is 5.78. The van der Waals surface area contributed by atoms with Crippen LogP contribution >= 0.6 is 0 Å². The molecule has 1 fully saturated rings. The zero-order valence-electron chi connectivity index (χ0n) is 10.3. The lowest BCUT2D eigenvalue weighted by molar-refractivity contribution is -0.132. The SMILES string of the molecule is Cc1ccc(CN)cc1OC1CCN(C)C1=O. The third-order valence-corrected chi connectivity index (χ3v) is 3.14. The maximum atomic E-state index is 11.8. The molecule has 17 heavy (non-hydrogen) atoms. The van der Waals surface area contributed by atoms with Crippen molar-refractivity contribution in [2.75, 3.05) is 13.6 Å². The predicted octanol–water partition coefficient (Wildman–Crippen LogP) is 1.06. The number of rotatable bonds is 3. The molecule has 1 aromatic rings. The van der Waals surface area contributed by atoms with Crippen molar-refractivity contribution in [1.29, 1.82) is 0 Å². The summed E-state index contributed by atoms with van der Waals surface area (Å²) in [5, 5.41) is 0. The summed E-state index contributed by atoms with van der Waals surface area (Å²) in [6.45, 7) is 3.22. The Morgan fingerprint density at radius 1 is 1.53 bits per heavy atom. The van der Waals surface area contributed by atoms with Gasteiger partial charge >= 0.3 is 0 Å². The average Bonchev–Trinajstić information content (AvgIpc) is 2.64. The van der Waals surface area contributed by atoms with Crippen LogP contribution in [0, 0.1) is 6.92 Å². The molecule has 92 valence electrons. The molecule has 0 saturated carbocycles. The molecule has 0 spiro atoms. The third kappa shape index (κ3) is 2.42. The van der Waals surface area contributed by atoms with Gasteiger partial charge in [-0.3, -0.25) is 4.79 Å². The second-order valence-electron chi connectivity index (χ2n) is 4.46. The van der Waals surface area contributed by atoms with Crippen molar-refractivity contribution in [3.8, 4) is 5.75 Å². The van der Waals surface area contributed by atoms with Gasteiger partial charge in [0.2, 0.25) is 0 Å². The molecule has 1 saturated heterocycles. The molecular formula is C13H18N2O2. The summed E-state index contributed by atoms with van der Waals surface area (Å²) >= 11 is 0. The Labute approximate surface area is 101 Å². The van der Waals surface area contributed by atoms with Gasteiger partial charge in [-0.1, -0.05) is 12.1 Å². The van der Waals surface area contributed by atoms with E-state index in [0.29, 0.717) is 6.54 Å². The lowest BCUT2D eigenvalue weighted by Gasteiger charge is -2.15. The topological polar surface area (TPSA) is 55.6 Å². The Balaban J connectivity index is 2.15. The number of amides is 1.